The maximum absolute atomic E-state index is 12.8. The average molecular weight is 308 g/mol. The van der Waals surface area contributed by atoms with Crippen LogP contribution in [0.4, 0.5) is 0 Å². The van der Waals surface area contributed by atoms with Crippen LogP contribution in [0.3, 0.4) is 0 Å². The van der Waals surface area contributed by atoms with Crippen molar-refractivity contribution >= 4 is 17.8 Å². The minimum atomic E-state index is -0.995. The van der Waals surface area contributed by atoms with Gasteiger partial charge in [-0.05, 0) is 49.9 Å². The van der Waals surface area contributed by atoms with E-state index in [9.17, 15) is 19.5 Å². The second kappa shape index (κ2) is 5.56. The van der Waals surface area contributed by atoms with E-state index >= 15 is 0 Å². The van der Waals surface area contributed by atoms with E-state index in [2.05, 4.69) is 5.32 Å². The van der Waals surface area contributed by atoms with Crippen LogP contribution in [0.25, 0.3) is 0 Å². The van der Waals surface area contributed by atoms with Gasteiger partial charge in [0.15, 0.2) is 0 Å². The number of carboxylic acid groups (broad SMARTS) is 1. The Labute approximate surface area is 130 Å². The molecule has 0 heterocycles. The van der Waals surface area contributed by atoms with Crippen molar-refractivity contribution in [2.45, 2.75) is 39.2 Å². The summed E-state index contributed by atoms with van der Waals surface area (Å²) in [5, 5.41) is 11.9. The lowest BCUT2D eigenvalue weighted by Gasteiger charge is -2.27. The van der Waals surface area contributed by atoms with E-state index in [0.717, 1.165) is 0 Å². The van der Waals surface area contributed by atoms with Crippen LogP contribution in [0.15, 0.2) is 0 Å². The summed E-state index contributed by atoms with van der Waals surface area (Å²) in [6.45, 7) is 3.52. The molecule has 3 saturated carbocycles. The first-order chi connectivity index (χ1) is 10.4. The van der Waals surface area contributed by atoms with E-state index in [0.29, 0.717) is 30.2 Å². The van der Waals surface area contributed by atoms with Gasteiger partial charge in [-0.2, -0.15) is 0 Å². The Kier molecular flexibility index (Phi) is 3.87. The number of carbonyl (C=O) groups is 3. The van der Waals surface area contributed by atoms with Crippen LogP contribution in [0.5, 0.6) is 0 Å². The summed E-state index contributed by atoms with van der Waals surface area (Å²) in [6, 6.07) is -0.847. The number of hydrogen-bond acceptors (Lipinski definition) is 3. The molecule has 6 heteroatoms. The third-order valence-electron chi connectivity index (χ3n) is 5.86. The van der Waals surface area contributed by atoms with Gasteiger partial charge < -0.3 is 15.3 Å². The maximum Gasteiger partial charge on any atom is 0.326 e. The number of carbonyl (C=O) groups excluding carboxylic acids is 2. The molecule has 3 aliphatic rings. The Hall–Kier alpha value is -1.59. The van der Waals surface area contributed by atoms with Crippen molar-refractivity contribution < 1.29 is 19.5 Å². The molecule has 6 nitrogen and oxygen atoms in total. The molecule has 5 unspecified atom stereocenters. The van der Waals surface area contributed by atoms with Crippen molar-refractivity contribution in [1.29, 1.82) is 0 Å². The number of carboxylic acids is 1. The van der Waals surface area contributed by atoms with Crippen molar-refractivity contribution in [3.8, 4) is 0 Å². The number of aliphatic carboxylic acids is 1. The summed E-state index contributed by atoms with van der Waals surface area (Å²) >= 11 is 0. The van der Waals surface area contributed by atoms with Crippen LogP contribution in [0, 0.1) is 29.6 Å². The van der Waals surface area contributed by atoms with Crippen LogP contribution in [0.1, 0.15) is 33.1 Å². The Bertz CT molecular complexity index is 490. The van der Waals surface area contributed by atoms with Gasteiger partial charge in [0.05, 0.1) is 0 Å². The second-order valence-corrected chi connectivity index (χ2v) is 7.04. The van der Waals surface area contributed by atoms with E-state index in [1.807, 2.05) is 0 Å². The quantitative estimate of drug-likeness (QED) is 0.757. The summed E-state index contributed by atoms with van der Waals surface area (Å²) in [7, 11) is 0. The van der Waals surface area contributed by atoms with Gasteiger partial charge >= 0.3 is 5.97 Å². The smallest absolute Gasteiger partial charge is 0.326 e. The number of nitrogens with one attached hydrogen (secondary N) is 1. The van der Waals surface area contributed by atoms with Gasteiger partial charge in [0, 0.05) is 25.9 Å². The zero-order valence-electron chi connectivity index (χ0n) is 13.1. The van der Waals surface area contributed by atoms with Crippen molar-refractivity contribution in [3.05, 3.63) is 0 Å². The predicted molar refractivity (Wildman–Crippen MR) is 78.8 cm³/mol. The van der Waals surface area contributed by atoms with Crippen LogP contribution in [0.2, 0.25) is 0 Å². The fraction of sp³-hybridized carbons (Fsp3) is 0.812. The molecule has 2 N–H and O–H groups in total. The van der Waals surface area contributed by atoms with Gasteiger partial charge in [0.25, 0.3) is 0 Å². The zero-order chi connectivity index (χ0) is 16.0. The highest BCUT2D eigenvalue weighted by atomic mass is 16.4. The Morgan fingerprint density at radius 1 is 1.23 bits per heavy atom. The van der Waals surface area contributed by atoms with Gasteiger partial charge in [0.1, 0.15) is 6.04 Å². The van der Waals surface area contributed by atoms with E-state index in [-0.39, 0.29) is 24.3 Å². The lowest BCUT2D eigenvalue weighted by atomic mass is 10.0. The van der Waals surface area contributed by atoms with Gasteiger partial charge in [0.2, 0.25) is 11.8 Å². The first-order valence-corrected chi connectivity index (χ1v) is 8.19. The number of nitrogens with zero attached hydrogens (tertiary/aromatic N) is 1. The number of fused-ring (bicyclic) bond motifs is 5. The van der Waals surface area contributed by atoms with Gasteiger partial charge in [-0.1, -0.05) is 0 Å². The first kappa shape index (κ1) is 15.3. The highest BCUT2D eigenvalue weighted by molar-refractivity contribution is 5.87. The highest BCUT2D eigenvalue weighted by Crippen LogP contribution is 2.69. The van der Waals surface area contributed by atoms with Gasteiger partial charge in [-0.15, -0.1) is 0 Å². The fourth-order valence-electron chi connectivity index (χ4n) is 4.83. The Morgan fingerprint density at radius 3 is 2.32 bits per heavy atom. The molecule has 0 aromatic heterocycles. The summed E-state index contributed by atoms with van der Waals surface area (Å²) in [5.74, 6) is 1.20. The van der Waals surface area contributed by atoms with E-state index < -0.39 is 12.0 Å². The summed E-state index contributed by atoms with van der Waals surface area (Å²) in [5.41, 5.74) is 0. The fourth-order valence-corrected chi connectivity index (χ4v) is 4.83. The second-order valence-electron chi connectivity index (χ2n) is 7.04. The topological polar surface area (TPSA) is 86.7 Å². The molecule has 2 amide bonds. The van der Waals surface area contributed by atoms with Crippen molar-refractivity contribution in [3.63, 3.8) is 0 Å². The Balaban J connectivity index is 1.65. The molecular formula is C16H24N2O4. The minimum absolute atomic E-state index is 0.0214. The van der Waals surface area contributed by atoms with Gasteiger partial charge in [-0.3, -0.25) is 9.59 Å². The largest absolute Gasteiger partial charge is 0.480 e. The summed E-state index contributed by atoms with van der Waals surface area (Å²) < 4.78 is 0. The van der Waals surface area contributed by atoms with E-state index in [4.69, 9.17) is 0 Å². The molecule has 3 fully saturated rings. The van der Waals surface area contributed by atoms with Crippen LogP contribution in [-0.2, 0) is 14.4 Å². The predicted octanol–water partition coefficient (Wildman–Crippen LogP) is 0.716. The van der Waals surface area contributed by atoms with Gasteiger partial charge in [-0.25, -0.2) is 4.79 Å². The number of amides is 2. The highest BCUT2D eigenvalue weighted by Gasteiger charge is 2.68. The molecule has 0 spiro atoms. The molecule has 3 rings (SSSR count). The molecule has 22 heavy (non-hydrogen) atoms. The average Bonchev–Trinajstić information content (AvgIpc) is 2.89. The molecule has 2 bridgehead atoms. The molecule has 3 aliphatic carbocycles. The van der Waals surface area contributed by atoms with Crippen LogP contribution < -0.4 is 5.32 Å². The molecule has 0 aromatic rings. The molecule has 0 aliphatic heterocycles. The number of hydrogen-bond donors (Lipinski definition) is 2. The zero-order valence-corrected chi connectivity index (χ0v) is 13.1. The molecule has 5 atom stereocenters. The molecule has 0 aromatic carbocycles. The molecule has 0 saturated heterocycles. The van der Waals surface area contributed by atoms with Crippen molar-refractivity contribution in [1.82, 2.24) is 10.2 Å². The normalized spacial score (nSPS) is 35.6. The number of rotatable bonds is 6. The van der Waals surface area contributed by atoms with E-state index in [1.165, 1.54) is 31.1 Å². The standard InChI is InChI=1S/C16H24N2O4/c1-8(16(21)22)18(6-5-17-9(2)19)15(20)14-12-10-3-4-11(7-10)13(12)14/h8,10-14H,3-7H2,1-2H3,(H,17,19)(H,21,22). The lowest BCUT2D eigenvalue weighted by molar-refractivity contribution is -0.150. The monoisotopic (exact) mass is 308 g/mol. The minimum Gasteiger partial charge on any atom is -0.480 e. The molecule has 0 radical (unpaired) electrons. The third-order valence-corrected chi connectivity index (χ3v) is 5.86. The van der Waals surface area contributed by atoms with Crippen molar-refractivity contribution in [2.75, 3.05) is 13.1 Å². The molecule has 122 valence electrons. The Morgan fingerprint density at radius 2 is 1.82 bits per heavy atom. The van der Waals surface area contributed by atoms with E-state index in [1.54, 1.807) is 6.92 Å². The first-order valence-electron chi connectivity index (χ1n) is 8.19. The summed E-state index contributed by atoms with van der Waals surface area (Å²) in [6.07, 6.45) is 3.73. The summed E-state index contributed by atoms with van der Waals surface area (Å²) in [4.78, 5) is 36.5. The molecular weight excluding hydrogens is 284 g/mol. The maximum atomic E-state index is 12.8. The van der Waals surface area contributed by atoms with Crippen molar-refractivity contribution in [2.24, 2.45) is 29.6 Å². The van der Waals surface area contributed by atoms with Crippen LogP contribution >= 0.6 is 0 Å². The SMILES string of the molecule is CC(=O)NCCN(C(=O)C1C2C3CCC(C3)C12)C(C)C(=O)O. The third kappa shape index (κ3) is 2.48. The lowest BCUT2D eigenvalue weighted by Crippen LogP contribution is -2.48. The van der Waals surface area contributed by atoms with Crippen LogP contribution in [-0.4, -0.2) is 46.9 Å².